The Morgan fingerprint density at radius 3 is 2.65 bits per heavy atom. The van der Waals surface area contributed by atoms with Crippen molar-refractivity contribution in [2.45, 2.75) is 32.0 Å². The van der Waals surface area contributed by atoms with Gasteiger partial charge in [-0.2, -0.15) is 0 Å². The summed E-state index contributed by atoms with van der Waals surface area (Å²) in [6.07, 6.45) is 2.60. The van der Waals surface area contributed by atoms with Gasteiger partial charge in [0.2, 0.25) is 0 Å². The molecular weight excluding hydrogens is 314 g/mol. The third-order valence-electron chi connectivity index (χ3n) is 3.42. The predicted molar refractivity (Wildman–Crippen MR) is 84.8 cm³/mol. The molecule has 2 aromatic rings. The molecule has 0 spiro atoms. The number of halogens is 1. The minimum atomic E-state index is 0.610. The van der Waals surface area contributed by atoms with Crippen molar-refractivity contribution in [3.63, 3.8) is 0 Å². The molecule has 0 radical (unpaired) electrons. The quantitative estimate of drug-likeness (QED) is 0.852. The van der Waals surface area contributed by atoms with Gasteiger partial charge >= 0.3 is 0 Å². The van der Waals surface area contributed by atoms with Crippen LogP contribution in [0.2, 0.25) is 0 Å². The molecule has 2 aromatic carbocycles. The lowest BCUT2D eigenvalue weighted by Gasteiger charge is -2.13. The fraction of sp³-hybridized carbons (Fsp3) is 0.294. The Bertz CT molecular complexity index is 566. The van der Waals surface area contributed by atoms with Crippen LogP contribution in [0.4, 0.5) is 0 Å². The highest BCUT2D eigenvalue weighted by Crippen LogP contribution is 2.26. The van der Waals surface area contributed by atoms with E-state index in [9.17, 15) is 0 Å². The van der Waals surface area contributed by atoms with Crippen LogP contribution in [0.1, 0.15) is 24.0 Å². The van der Waals surface area contributed by atoms with E-state index in [1.165, 1.54) is 24.0 Å². The summed E-state index contributed by atoms with van der Waals surface area (Å²) in [6.45, 7) is 1.48. The van der Waals surface area contributed by atoms with Gasteiger partial charge in [0.15, 0.2) is 0 Å². The number of rotatable bonds is 6. The van der Waals surface area contributed by atoms with Crippen molar-refractivity contribution in [3.05, 3.63) is 64.1 Å². The minimum absolute atomic E-state index is 0.610. The van der Waals surface area contributed by atoms with Crippen molar-refractivity contribution in [2.75, 3.05) is 0 Å². The van der Waals surface area contributed by atoms with E-state index in [1.54, 1.807) is 0 Å². The summed E-state index contributed by atoms with van der Waals surface area (Å²) >= 11 is 3.53. The second-order valence-electron chi connectivity index (χ2n) is 5.18. The average molecular weight is 332 g/mol. The summed E-state index contributed by atoms with van der Waals surface area (Å²) in [6, 6.07) is 17.2. The predicted octanol–water partition coefficient (Wildman–Crippen LogP) is 4.28. The van der Waals surface area contributed by atoms with Crippen LogP contribution in [-0.4, -0.2) is 6.04 Å². The van der Waals surface area contributed by atoms with Crippen molar-refractivity contribution < 1.29 is 4.74 Å². The Morgan fingerprint density at radius 1 is 1.10 bits per heavy atom. The van der Waals surface area contributed by atoms with Crippen LogP contribution in [0.15, 0.2) is 53.0 Å². The maximum absolute atomic E-state index is 5.97. The Kier molecular flexibility index (Phi) is 4.38. The summed E-state index contributed by atoms with van der Waals surface area (Å²) < 4.78 is 7.06. The smallest absolute Gasteiger partial charge is 0.124 e. The van der Waals surface area contributed by atoms with E-state index in [0.29, 0.717) is 12.6 Å². The molecule has 0 heterocycles. The van der Waals surface area contributed by atoms with E-state index in [2.05, 4.69) is 39.4 Å². The largest absolute Gasteiger partial charge is 0.489 e. The topological polar surface area (TPSA) is 21.3 Å². The third-order valence-corrected chi connectivity index (χ3v) is 3.91. The summed E-state index contributed by atoms with van der Waals surface area (Å²) in [5.74, 6) is 0.963. The molecule has 1 saturated carbocycles. The van der Waals surface area contributed by atoms with Gasteiger partial charge in [0, 0.05) is 22.6 Å². The van der Waals surface area contributed by atoms with Crippen LogP contribution >= 0.6 is 15.9 Å². The van der Waals surface area contributed by atoms with Gasteiger partial charge in [-0.05, 0) is 36.6 Å². The van der Waals surface area contributed by atoms with Gasteiger partial charge in [0.05, 0.1) is 0 Å². The Morgan fingerprint density at radius 2 is 1.90 bits per heavy atom. The molecular formula is C17H18BrNO. The van der Waals surface area contributed by atoms with Crippen molar-refractivity contribution in [1.82, 2.24) is 5.32 Å². The first-order chi connectivity index (χ1) is 9.81. The fourth-order valence-corrected chi connectivity index (χ4v) is 2.51. The number of hydrogen-bond acceptors (Lipinski definition) is 2. The van der Waals surface area contributed by atoms with Crippen LogP contribution in [-0.2, 0) is 13.2 Å². The van der Waals surface area contributed by atoms with E-state index >= 15 is 0 Å². The van der Waals surface area contributed by atoms with E-state index in [1.807, 2.05) is 30.3 Å². The molecule has 1 aliphatic carbocycles. The van der Waals surface area contributed by atoms with Gasteiger partial charge in [-0.25, -0.2) is 0 Å². The maximum atomic E-state index is 5.97. The fourth-order valence-electron chi connectivity index (χ4n) is 2.10. The normalized spacial score (nSPS) is 14.2. The molecule has 3 rings (SSSR count). The van der Waals surface area contributed by atoms with Crippen LogP contribution in [0, 0.1) is 0 Å². The Labute approximate surface area is 128 Å². The summed E-state index contributed by atoms with van der Waals surface area (Å²) in [5.41, 5.74) is 2.40. The zero-order chi connectivity index (χ0) is 13.8. The first-order valence-electron chi connectivity index (χ1n) is 7.00. The molecule has 0 amide bonds. The SMILES string of the molecule is Brc1ccc(OCc2ccccc2)c(CNC2CC2)c1. The number of ether oxygens (including phenoxy) is 1. The zero-order valence-corrected chi connectivity index (χ0v) is 12.9. The second-order valence-corrected chi connectivity index (χ2v) is 6.10. The second kappa shape index (κ2) is 6.42. The van der Waals surface area contributed by atoms with Crippen molar-refractivity contribution >= 4 is 15.9 Å². The van der Waals surface area contributed by atoms with E-state index < -0.39 is 0 Å². The van der Waals surface area contributed by atoms with Gasteiger partial charge in [-0.15, -0.1) is 0 Å². The third kappa shape index (κ3) is 3.84. The first-order valence-corrected chi connectivity index (χ1v) is 7.79. The van der Waals surface area contributed by atoms with Crippen LogP contribution in [0.25, 0.3) is 0 Å². The molecule has 104 valence electrons. The molecule has 0 unspecified atom stereocenters. The van der Waals surface area contributed by atoms with E-state index in [4.69, 9.17) is 4.74 Å². The van der Waals surface area contributed by atoms with Gasteiger partial charge in [0.1, 0.15) is 12.4 Å². The highest BCUT2D eigenvalue weighted by atomic mass is 79.9. The molecule has 1 aliphatic rings. The van der Waals surface area contributed by atoms with Crippen LogP contribution in [0.5, 0.6) is 5.75 Å². The number of hydrogen-bond donors (Lipinski definition) is 1. The molecule has 3 heteroatoms. The Balaban J connectivity index is 1.67. The molecule has 0 aromatic heterocycles. The van der Waals surface area contributed by atoms with Crippen LogP contribution < -0.4 is 10.1 Å². The lowest BCUT2D eigenvalue weighted by atomic mass is 10.2. The van der Waals surface area contributed by atoms with E-state index in [-0.39, 0.29) is 0 Å². The standard InChI is InChI=1S/C17H18BrNO/c18-15-6-9-17(14(10-15)11-19-16-7-8-16)20-12-13-4-2-1-3-5-13/h1-6,9-10,16,19H,7-8,11-12H2. The first kappa shape index (κ1) is 13.7. The highest BCUT2D eigenvalue weighted by Gasteiger charge is 2.20. The van der Waals surface area contributed by atoms with E-state index in [0.717, 1.165) is 16.8 Å². The average Bonchev–Trinajstić information content (AvgIpc) is 3.29. The summed E-state index contributed by atoms with van der Waals surface area (Å²) in [7, 11) is 0. The number of nitrogens with one attached hydrogen (secondary N) is 1. The molecule has 0 saturated heterocycles. The summed E-state index contributed by atoms with van der Waals surface area (Å²) in [4.78, 5) is 0. The molecule has 1 fully saturated rings. The molecule has 0 aliphatic heterocycles. The molecule has 0 atom stereocenters. The molecule has 1 N–H and O–H groups in total. The Hall–Kier alpha value is -1.32. The van der Waals surface area contributed by atoms with Crippen molar-refractivity contribution in [3.8, 4) is 5.75 Å². The van der Waals surface area contributed by atoms with Gasteiger partial charge in [-0.1, -0.05) is 46.3 Å². The monoisotopic (exact) mass is 331 g/mol. The molecule has 20 heavy (non-hydrogen) atoms. The van der Waals surface area contributed by atoms with Gasteiger partial charge < -0.3 is 10.1 Å². The van der Waals surface area contributed by atoms with Crippen LogP contribution in [0.3, 0.4) is 0 Å². The lowest BCUT2D eigenvalue weighted by molar-refractivity contribution is 0.302. The van der Waals surface area contributed by atoms with Gasteiger partial charge in [0.25, 0.3) is 0 Å². The number of benzene rings is 2. The molecule has 2 nitrogen and oxygen atoms in total. The maximum Gasteiger partial charge on any atom is 0.124 e. The molecule has 0 bridgehead atoms. The highest BCUT2D eigenvalue weighted by molar-refractivity contribution is 9.10. The lowest BCUT2D eigenvalue weighted by Crippen LogP contribution is -2.16. The minimum Gasteiger partial charge on any atom is -0.489 e. The van der Waals surface area contributed by atoms with Gasteiger partial charge in [-0.3, -0.25) is 0 Å². The zero-order valence-electron chi connectivity index (χ0n) is 11.3. The van der Waals surface area contributed by atoms with Crippen molar-refractivity contribution in [2.24, 2.45) is 0 Å². The summed E-state index contributed by atoms with van der Waals surface area (Å²) in [5, 5.41) is 3.54. The van der Waals surface area contributed by atoms with Crippen molar-refractivity contribution in [1.29, 1.82) is 0 Å².